The third-order valence-electron chi connectivity index (χ3n) is 5.97. The lowest BCUT2D eigenvalue weighted by atomic mass is 9.84. The number of aromatic nitrogens is 1. The number of carbonyl (C=O) groups is 2. The average Bonchev–Trinajstić information content (AvgIpc) is 3.05. The summed E-state index contributed by atoms with van der Waals surface area (Å²) < 4.78 is 0. The van der Waals surface area contributed by atoms with Crippen LogP contribution in [-0.4, -0.2) is 27.7 Å². The molecule has 2 heterocycles. The Morgan fingerprint density at radius 1 is 1.18 bits per heavy atom. The molecule has 2 amide bonds. The predicted molar refractivity (Wildman–Crippen MR) is 109 cm³/mol. The summed E-state index contributed by atoms with van der Waals surface area (Å²) in [6.07, 6.45) is 8.44. The van der Waals surface area contributed by atoms with Gasteiger partial charge in [0.25, 0.3) is 5.91 Å². The van der Waals surface area contributed by atoms with Crippen LogP contribution in [-0.2, 0) is 11.3 Å². The lowest BCUT2D eigenvalue weighted by Gasteiger charge is -2.31. The van der Waals surface area contributed by atoms with E-state index in [9.17, 15) is 9.59 Å². The van der Waals surface area contributed by atoms with E-state index in [-0.39, 0.29) is 11.8 Å². The van der Waals surface area contributed by atoms with Gasteiger partial charge in [0.2, 0.25) is 5.91 Å². The van der Waals surface area contributed by atoms with Crippen LogP contribution in [0.3, 0.4) is 0 Å². The molecular formula is C23H27N3O2. The third kappa shape index (κ3) is 3.93. The van der Waals surface area contributed by atoms with Crippen LogP contribution in [0.1, 0.15) is 60.0 Å². The molecule has 1 aliphatic carbocycles. The van der Waals surface area contributed by atoms with Gasteiger partial charge in [-0.2, -0.15) is 0 Å². The summed E-state index contributed by atoms with van der Waals surface area (Å²) in [5.41, 5.74) is 2.77. The van der Waals surface area contributed by atoms with E-state index in [1.54, 1.807) is 11.1 Å². The highest BCUT2D eigenvalue weighted by Crippen LogP contribution is 2.32. The van der Waals surface area contributed by atoms with E-state index in [0.29, 0.717) is 18.3 Å². The lowest BCUT2D eigenvalue weighted by molar-refractivity contribution is -0.121. The van der Waals surface area contributed by atoms with E-state index < -0.39 is 6.04 Å². The molecular weight excluding hydrogens is 350 g/mol. The van der Waals surface area contributed by atoms with Crippen LogP contribution in [0.5, 0.6) is 0 Å². The van der Waals surface area contributed by atoms with Gasteiger partial charge in [-0.25, -0.2) is 4.98 Å². The number of fused-ring (bicyclic) bond motifs is 1. The van der Waals surface area contributed by atoms with Crippen LogP contribution < -0.4 is 5.32 Å². The third-order valence-corrected chi connectivity index (χ3v) is 5.97. The number of amides is 2. The van der Waals surface area contributed by atoms with Crippen molar-refractivity contribution < 1.29 is 9.59 Å². The number of benzene rings is 1. The van der Waals surface area contributed by atoms with Crippen molar-refractivity contribution in [3.8, 4) is 0 Å². The molecule has 5 heteroatoms. The van der Waals surface area contributed by atoms with E-state index in [1.165, 1.54) is 19.3 Å². The normalized spacial score (nSPS) is 18.0. The number of aryl methyl sites for hydroxylation is 1. The Bertz CT molecular complexity index is 856. The van der Waals surface area contributed by atoms with Gasteiger partial charge in [-0.1, -0.05) is 56.4 Å². The predicted octanol–water partition coefficient (Wildman–Crippen LogP) is 4.32. The number of carbonyl (C=O) groups excluding carboxylic acids is 2. The van der Waals surface area contributed by atoms with Crippen LogP contribution in [0.15, 0.2) is 42.6 Å². The first-order chi connectivity index (χ1) is 13.6. The largest absolute Gasteiger partial charge is 0.322 e. The fourth-order valence-corrected chi connectivity index (χ4v) is 4.39. The molecule has 1 fully saturated rings. The second-order valence-electron chi connectivity index (χ2n) is 8.06. The molecule has 0 spiro atoms. The number of nitrogens with zero attached hydrogens (tertiary/aromatic N) is 2. The van der Waals surface area contributed by atoms with Gasteiger partial charge in [0.15, 0.2) is 0 Å². The smallest absolute Gasteiger partial charge is 0.255 e. The van der Waals surface area contributed by atoms with Crippen molar-refractivity contribution in [3.63, 3.8) is 0 Å². The Morgan fingerprint density at radius 3 is 2.68 bits per heavy atom. The molecule has 1 saturated carbocycles. The first-order valence-electron chi connectivity index (χ1n) is 10.2. The Labute approximate surface area is 166 Å². The van der Waals surface area contributed by atoms with Crippen LogP contribution in [0.2, 0.25) is 0 Å². The Balaban J connectivity index is 1.55. The maximum atomic E-state index is 13.2. The van der Waals surface area contributed by atoms with Gasteiger partial charge < -0.3 is 10.2 Å². The lowest BCUT2D eigenvalue weighted by Crippen LogP contribution is -2.45. The van der Waals surface area contributed by atoms with Gasteiger partial charge in [-0.3, -0.25) is 9.59 Å². The van der Waals surface area contributed by atoms with E-state index in [2.05, 4.69) is 10.3 Å². The summed E-state index contributed by atoms with van der Waals surface area (Å²) in [6.45, 7) is 2.46. The minimum absolute atomic E-state index is 0.0385. The minimum Gasteiger partial charge on any atom is -0.322 e. The van der Waals surface area contributed by atoms with E-state index in [1.807, 2.05) is 43.3 Å². The number of rotatable bonds is 5. The quantitative estimate of drug-likeness (QED) is 0.844. The zero-order chi connectivity index (χ0) is 19.5. The highest BCUT2D eigenvalue weighted by atomic mass is 16.2. The monoisotopic (exact) mass is 377 g/mol. The molecule has 1 aromatic carbocycles. The number of anilines is 1. The number of nitrogens with one attached hydrogen (secondary N) is 1. The maximum absolute atomic E-state index is 13.2. The molecule has 146 valence electrons. The van der Waals surface area contributed by atoms with E-state index >= 15 is 0 Å². The molecule has 4 rings (SSSR count). The first kappa shape index (κ1) is 18.7. The summed E-state index contributed by atoms with van der Waals surface area (Å²) in [4.78, 5) is 32.3. The van der Waals surface area contributed by atoms with Crippen LogP contribution in [0.25, 0.3) is 0 Å². The molecule has 2 aliphatic rings. The van der Waals surface area contributed by atoms with Crippen molar-refractivity contribution in [2.24, 2.45) is 5.92 Å². The van der Waals surface area contributed by atoms with Crippen LogP contribution >= 0.6 is 0 Å². The topological polar surface area (TPSA) is 62.3 Å². The van der Waals surface area contributed by atoms with Crippen molar-refractivity contribution in [1.29, 1.82) is 0 Å². The molecule has 0 saturated heterocycles. The van der Waals surface area contributed by atoms with Crippen molar-refractivity contribution in [3.05, 3.63) is 59.3 Å². The van der Waals surface area contributed by atoms with E-state index in [0.717, 1.165) is 36.0 Å². The van der Waals surface area contributed by atoms with Crippen molar-refractivity contribution in [2.45, 2.75) is 58.0 Å². The van der Waals surface area contributed by atoms with Gasteiger partial charge in [0.05, 0.1) is 0 Å². The molecule has 1 atom stereocenters. The van der Waals surface area contributed by atoms with Gasteiger partial charge >= 0.3 is 0 Å². The van der Waals surface area contributed by atoms with Crippen molar-refractivity contribution in [1.82, 2.24) is 9.88 Å². The highest BCUT2D eigenvalue weighted by molar-refractivity contribution is 6.03. The zero-order valence-corrected chi connectivity index (χ0v) is 16.4. The molecule has 1 N–H and O–H groups in total. The van der Waals surface area contributed by atoms with Gasteiger partial charge in [-0.05, 0) is 42.5 Å². The summed E-state index contributed by atoms with van der Waals surface area (Å²) >= 11 is 0. The van der Waals surface area contributed by atoms with Gasteiger partial charge in [0, 0.05) is 18.3 Å². The molecule has 2 aromatic rings. The SMILES string of the molecule is Cc1ccc(NC(=O)C(CC2CCCCC2)N2Cc3ccccc3C2=O)nc1. The zero-order valence-electron chi connectivity index (χ0n) is 16.4. The number of hydrogen-bond acceptors (Lipinski definition) is 3. The molecule has 0 radical (unpaired) electrons. The summed E-state index contributed by atoms with van der Waals surface area (Å²) in [5, 5.41) is 2.94. The highest BCUT2D eigenvalue weighted by Gasteiger charge is 2.37. The fraction of sp³-hybridized carbons (Fsp3) is 0.435. The van der Waals surface area contributed by atoms with Crippen molar-refractivity contribution >= 4 is 17.6 Å². The fourth-order valence-electron chi connectivity index (χ4n) is 4.39. The number of hydrogen-bond donors (Lipinski definition) is 1. The Morgan fingerprint density at radius 2 is 1.96 bits per heavy atom. The maximum Gasteiger partial charge on any atom is 0.255 e. The summed E-state index contributed by atoms with van der Waals surface area (Å²) in [7, 11) is 0. The molecule has 28 heavy (non-hydrogen) atoms. The standard InChI is InChI=1S/C23H27N3O2/c1-16-11-12-21(24-14-16)25-22(27)20(13-17-7-3-2-4-8-17)26-15-18-9-5-6-10-19(18)23(26)28/h5-6,9-12,14,17,20H,2-4,7-8,13,15H2,1H3,(H,24,25,27). The average molecular weight is 377 g/mol. The Hall–Kier alpha value is -2.69. The number of pyridine rings is 1. The second-order valence-corrected chi connectivity index (χ2v) is 8.06. The molecule has 1 aromatic heterocycles. The minimum atomic E-state index is -0.467. The van der Waals surface area contributed by atoms with Gasteiger partial charge in [-0.15, -0.1) is 0 Å². The van der Waals surface area contributed by atoms with E-state index in [4.69, 9.17) is 0 Å². The first-order valence-corrected chi connectivity index (χ1v) is 10.2. The Kier molecular flexibility index (Phi) is 5.42. The molecule has 1 unspecified atom stereocenters. The molecule has 0 bridgehead atoms. The molecule has 5 nitrogen and oxygen atoms in total. The summed E-state index contributed by atoms with van der Waals surface area (Å²) in [6, 6.07) is 10.9. The van der Waals surface area contributed by atoms with Crippen LogP contribution in [0.4, 0.5) is 5.82 Å². The van der Waals surface area contributed by atoms with Crippen LogP contribution in [0, 0.1) is 12.8 Å². The molecule has 1 aliphatic heterocycles. The second kappa shape index (κ2) is 8.13. The van der Waals surface area contributed by atoms with Gasteiger partial charge in [0.1, 0.15) is 11.9 Å². The van der Waals surface area contributed by atoms with Crippen molar-refractivity contribution in [2.75, 3.05) is 5.32 Å². The summed E-state index contributed by atoms with van der Waals surface area (Å²) in [5.74, 6) is 0.854.